The van der Waals surface area contributed by atoms with Crippen LogP contribution in [0.15, 0.2) is 48.3 Å². The van der Waals surface area contributed by atoms with Gasteiger partial charge in [-0.25, -0.2) is 0 Å². The fourth-order valence-electron chi connectivity index (χ4n) is 1.63. The van der Waals surface area contributed by atoms with Crippen LogP contribution in [-0.4, -0.2) is 10.7 Å². The normalized spacial score (nSPS) is 11.7. The van der Waals surface area contributed by atoms with Crippen LogP contribution in [0.2, 0.25) is 0 Å². The van der Waals surface area contributed by atoms with E-state index in [1.54, 1.807) is 19.2 Å². The molecule has 0 amide bonds. The molecule has 3 heteroatoms. The van der Waals surface area contributed by atoms with E-state index >= 15 is 0 Å². The summed E-state index contributed by atoms with van der Waals surface area (Å²) < 4.78 is 0. The van der Waals surface area contributed by atoms with E-state index in [-0.39, 0.29) is 0 Å². The van der Waals surface area contributed by atoms with Gasteiger partial charge in [0.1, 0.15) is 0 Å². The van der Waals surface area contributed by atoms with Crippen molar-refractivity contribution in [2.45, 2.75) is 6.92 Å². The molecule has 0 aliphatic heterocycles. The van der Waals surface area contributed by atoms with Crippen LogP contribution in [0.1, 0.15) is 12.6 Å². The van der Waals surface area contributed by atoms with E-state index in [1.165, 1.54) is 0 Å². The van der Waals surface area contributed by atoms with Crippen molar-refractivity contribution >= 4 is 16.5 Å². The van der Waals surface area contributed by atoms with E-state index in [0.717, 1.165) is 10.8 Å². The predicted molar refractivity (Wildman–Crippen MR) is 66.5 cm³/mol. The van der Waals surface area contributed by atoms with Gasteiger partial charge in [-0.2, -0.15) is 0 Å². The first-order valence-corrected chi connectivity index (χ1v) is 5.05. The second-order valence-electron chi connectivity index (χ2n) is 3.68. The molecule has 0 unspecified atom stereocenters. The van der Waals surface area contributed by atoms with Crippen molar-refractivity contribution in [3.63, 3.8) is 0 Å². The molecule has 0 saturated carbocycles. The molecule has 1 heterocycles. The number of nitrogens with one attached hydrogen (secondary N) is 1. The zero-order chi connectivity index (χ0) is 11.5. The Balaban J connectivity index is 2.61. The fourth-order valence-corrected chi connectivity index (χ4v) is 1.63. The van der Waals surface area contributed by atoms with E-state index in [1.807, 2.05) is 30.3 Å². The summed E-state index contributed by atoms with van der Waals surface area (Å²) in [5.74, 6) is 0. The highest BCUT2D eigenvalue weighted by Gasteiger charge is 2.05. The largest absolute Gasteiger partial charge is 0.402 e. The summed E-state index contributed by atoms with van der Waals surface area (Å²) in [7, 11) is 0. The number of aromatic nitrogens is 1. The van der Waals surface area contributed by atoms with Crippen LogP contribution >= 0.6 is 0 Å². The van der Waals surface area contributed by atoms with Gasteiger partial charge in [0.15, 0.2) is 0 Å². The second-order valence-corrected chi connectivity index (χ2v) is 3.68. The monoisotopic (exact) mass is 211 g/mol. The average molecular weight is 211 g/mol. The number of hydrogen-bond acceptors (Lipinski definition) is 3. The molecule has 3 N–H and O–H groups in total. The summed E-state index contributed by atoms with van der Waals surface area (Å²) in [5, 5.41) is 9.99. The van der Waals surface area contributed by atoms with Gasteiger partial charge in [-0.1, -0.05) is 24.3 Å². The van der Waals surface area contributed by atoms with Crippen molar-refractivity contribution in [3.05, 3.63) is 54.0 Å². The van der Waals surface area contributed by atoms with Crippen LogP contribution in [0.3, 0.4) is 0 Å². The molecule has 2 rings (SSSR count). The van der Waals surface area contributed by atoms with Crippen molar-refractivity contribution < 1.29 is 0 Å². The number of benzene rings is 1. The summed E-state index contributed by atoms with van der Waals surface area (Å²) >= 11 is 0. The Hall–Kier alpha value is -2.16. The van der Waals surface area contributed by atoms with Crippen LogP contribution in [0.4, 0.5) is 0 Å². The zero-order valence-corrected chi connectivity index (χ0v) is 9.07. The summed E-state index contributed by atoms with van der Waals surface area (Å²) in [4.78, 5) is 4.24. The first kappa shape index (κ1) is 10.4. The first-order chi connectivity index (χ1) is 7.68. The topological polar surface area (TPSA) is 62.8 Å². The van der Waals surface area contributed by atoms with E-state index in [2.05, 4.69) is 4.98 Å². The van der Waals surface area contributed by atoms with Crippen LogP contribution < -0.4 is 5.73 Å². The van der Waals surface area contributed by atoms with E-state index in [0.29, 0.717) is 17.1 Å². The third-order valence-corrected chi connectivity index (χ3v) is 2.30. The molecule has 0 fully saturated rings. The Morgan fingerprint density at radius 2 is 2.06 bits per heavy atom. The predicted octanol–water partition coefficient (Wildman–Crippen LogP) is 2.47. The minimum absolute atomic E-state index is 0.344. The maximum Gasteiger partial charge on any atom is 0.0957 e. The van der Waals surface area contributed by atoms with Gasteiger partial charge in [0, 0.05) is 17.3 Å². The third kappa shape index (κ3) is 1.93. The van der Waals surface area contributed by atoms with Gasteiger partial charge in [0.25, 0.3) is 0 Å². The molecule has 1 aromatic heterocycles. The van der Waals surface area contributed by atoms with Crippen LogP contribution in [0, 0.1) is 5.41 Å². The molecular weight excluding hydrogens is 198 g/mol. The van der Waals surface area contributed by atoms with Gasteiger partial charge in [0.05, 0.1) is 11.4 Å². The summed E-state index contributed by atoms with van der Waals surface area (Å²) in [6.45, 7) is 1.76. The number of nitrogens with zero attached hydrogens (tertiary/aromatic N) is 1. The van der Waals surface area contributed by atoms with Gasteiger partial charge in [-0.3, -0.25) is 10.4 Å². The number of pyridine rings is 1. The lowest BCUT2D eigenvalue weighted by Gasteiger charge is -2.04. The molecule has 0 radical (unpaired) electrons. The molecule has 3 nitrogen and oxygen atoms in total. The zero-order valence-electron chi connectivity index (χ0n) is 9.07. The molecule has 2 aromatic rings. The Morgan fingerprint density at radius 1 is 1.31 bits per heavy atom. The molecule has 0 aliphatic rings. The maximum atomic E-state index is 7.92. The Kier molecular flexibility index (Phi) is 2.68. The molecule has 0 saturated heterocycles. The molecule has 1 aromatic carbocycles. The summed E-state index contributed by atoms with van der Waals surface area (Å²) in [6, 6.07) is 9.82. The van der Waals surface area contributed by atoms with Gasteiger partial charge in [0.2, 0.25) is 0 Å². The van der Waals surface area contributed by atoms with Crippen LogP contribution in [0.5, 0.6) is 0 Å². The van der Waals surface area contributed by atoms with Crippen molar-refractivity contribution in [1.82, 2.24) is 4.98 Å². The maximum absolute atomic E-state index is 7.92. The van der Waals surface area contributed by atoms with Gasteiger partial charge in [-0.15, -0.1) is 0 Å². The smallest absolute Gasteiger partial charge is 0.0957 e. The first-order valence-electron chi connectivity index (χ1n) is 5.05. The number of fused-ring (bicyclic) bond motifs is 1. The Bertz CT molecular complexity index is 561. The average Bonchev–Trinajstić information content (AvgIpc) is 2.27. The van der Waals surface area contributed by atoms with Crippen LogP contribution in [-0.2, 0) is 0 Å². The minimum atomic E-state index is 0.344. The molecule has 16 heavy (non-hydrogen) atoms. The highest BCUT2D eigenvalue weighted by molar-refractivity contribution is 6.13. The standard InChI is InChI=1S/C13H13N3/c1-9(14)8-12(15)13-11-5-3-2-4-10(11)6-7-16-13/h2-8,15H,14H2,1H3. The molecule has 0 atom stereocenters. The van der Waals surface area contributed by atoms with Crippen molar-refractivity contribution in [1.29, 1.82) is 5.41 Å². The molecule has 0 spiro atoms. The van der Waals surface area contributed by atoms with Crippen LogP contribution in [0.25, 0.3) is 10.8 Å². The molecule has 0 aliphatic carbocycles. The van der Waals surface area contributed by atoms with Crippen molar-refractivity contribution in [2.24, 2.45) is 5.73 Å². The summed E-state index contributed by atoms with van der Waals surface area (Å²) in [6.07, 6.45) is 3.33. The third-order valence-electron chi connectivity index (χ3n) is 2.30. The lowest BCUT2D eigenvalue weighted by atomic mass is 10.1. The van der Waals surface area contributed by atoms with Crippen molar-refractivity contribution in [3.8, 4) is 0 Å². The SMILES string of the molecule is CC(N)=CC(=N)c1nccc2ccccc12. The highest BCUT2D eigenvalue weighted by Crippen LogP contribution is 2.16. The van der Waals surface area contributed by atoms with Crippen molar-refractivity contribution in [2.75, 3.05) is 0 Å². The number of nitrogens with two attached hydrogens (primary N) is 1. The molecular formula is C13H13N3. The minimum Gasteiger partial charge on any atom is -0.402 e. The highest BCUT2D eigenvalue weighted by atomic mass is 14.7. The van der Waals surface area contributed by atoms with E-state index < -0.39 is 0 Å². The lowest BCUT2D eigenvalue weighted by Crippen LogP contribution is -2.03. The Morgan fingerprint density at radius 3 is 2.81 bits per heavy atom. The number of allylic oxidation sites excluding steroid dienone is 2. The van der Waals surface area contributed by atoms with Gasteiger partial charge in [-0.05, 0) is 24.5 Å². The lowest BCUT2D eigenvalue weighted by molar-refractivity contribution is 1.28. The van der Waals surface area contributed by atoms with Gasteiger partial charge < -0.3 is 5.73 Å². The number of hydrogen-bond donors (Lipinski definition) is 2. The molecule has 80 valence electrons. The second kappa shape index (κ2) is 4.14. The van der Waals surface area contributed by atoms with Gasteiger partial charge >= 0.3 is 0 Å². The fraction of sp³-hybridized carbons (Fsp3) is 0.0769. The summed E-state index contributed by atoms with van der Waals surface area (Å²) in [5.41, 5.74) is 7.19. The van der Waals surface area contributed by atoms with E-state index in [4.69, 9.17) is 11.1 Å². The molecule has 0 bridgehead atoms. The quantitative estimate of drug-likeness (QED) is 0.749. The van der Waals surface area contributed by atoms with E-state index in [9.17, 15) is 0 Å². The number of rotatable bonds is 2. The Labute approximate surface area is 94.1 Å².